The number of halogens is 3. The van der Waals surface area contributed by atoms with Gasteiger partial charge in [0.15, 0.2) is 5.69 Å². The van der Waals surface area contributed by atoms with E-state index >= 15 is 4.39 Å². The quantitative estimate of drug-likeness (QED) is 0.0937. The number of fused-ring (bicyclic) bond motifs is 1. The number of hydrogen-bond donors (Lipinski definition) is 4. The Hall–Kier alpha value is -4.00. The monoisotopic (exact) mass is 697 g/mol. The summed E-state index contributed by atoms with van der Waals surface area (Å²) in [7, 11) is 1.46. The Kier molecular flexibility index (Phi) is 11.7. The highest BCUT2D eigenvalue weighted by Crippen LogP contribution is 2.42. The lowest BCUT2D eigenvalue weighted by Crippen LogP contribution is -2.33. The molecule has 1 amide bonds. The van der Waals surface area contributed by atoms with Crippen molar-refractivity contribution in [2.24, 2.45) is 0 Å². The third-order valence-electron chi connectivity index (χ3n) is 7.94. The first-order valence-corrected chi connectivity index (χ1v) is 16.4. The first-order chi connectivity index (χ1) is 23.1. The lowest BCUT2D eigenvalue weighted by Gasteiger charge is -2.24. The number of aliphatic hydroxyl groups excluding tert-OH is 1. The Morgan fingerprint density at radius 1 is 1.08 bits per heavy atom. The zero-order valence-corrected chi connectivity index (χ0v) is 28.4. The number of aryl methyl sites for hydroxylation is 1. The van der Waals surface area contributed by atoms with Crippen molar-refractivity contribution in [3.63, 3.8) is 0 Å². The van der Waals surface area contributed by atoms with Crippen LogP contribution >= 0.6 is 23.2 Å². The van der Waals surface area contributed by atoms with Gasteiger partial charge in [-0.3, -0.25) is 19.6 Å². The predicted octanol–water partition coefficient (Wildman–Crippen LogP) is 6.38. The minimum Gasteiger partial charge on any atom is -0.496 e. The molecule has 2 heterocycles. The van der Waals surface area contributed by atoms with Crippen molar-refractivity contribution in [1.29, 1.82) is 0 Å². The second-order valence-corrected chi connectivity index (χ2v) is 12.4. The molecule has 0 fully saturated rings. The van der Waals surface area contributed by atoms with Crippen molar-refractivity contribution in [2.45, 2.75) is 51.9 Å². The number of aromatic nitrogens is 2. The first kappa shape index (κ1) is 35.3. The third-order valence-corrected chi connectivity index (χ3v) is 8.75. The van der Waals surface area contributed by atoms with Crippen molar-refractivity contribution < 1.29 is 28.6 Å². The van der Waals surface area contributed by atoms with Gasteiger partial charge in [-0.2, -0.15) is 5.10 Å². The van der Waals surface area contributed by atoms with Crippen molar-refractivity contribution in [2.75, 3.05) is 32.1 Å². The van der Waals surface area contributed by atoms with Crippen LogP contribution in [0.5, 0.6) is 5.75 Å². The van der Waals surface area contributed by atoms with Crippen LogP contribution in [0.3, 0.4) is 0 Å². The second kappa shape index (κ2) is 15.9. The third kappa shape index (κ3) is 7.99. The molecule has 0 aliphatic carbocycles. The van der Waals surface area contributed by atoms with Gasteiger partial charge in [-0.1, -0.05) is 53.5 Å². The van der Waals surface area contributed by atoms with E-state index in [2.05, 4.69) is 21.0 Å². The van der Waals surface area contributed by atoms with Crippen LogP contribution in [-0.4, -0.2) is 59.7 Å². The van der Waals surface area contributed by atoms with Gasteiger partial charge in [0.25, 0.3) is 5.91 Å². The fourth-order valence-corrected chi connectivity index (χ4v) is 6.32. The summed E-state index contributed by atoms with van der Waals surface area (Å²) in [6.45, 7) is 4.74. The van der Waals surface area contributed by atoms with Crippen LogP contribution in [0.4, 0.5) is 10.1 Å². The highest BCUT2D eigenvalue weighted by Gasteiger charge is 2.26. The maximum atomic E-state index is 15.2. The van der Waals surface area contributed by atoms with Crippen molar-refractivity contribution in [1.82, 2.24) is 20.4 Å². The van der Waals surface area contributed by atoms with E-state index in [4.69, 9.17) is 37.8 Å². The number of hydrogen-bond acceptors (Lipinski definition) is 8. The van der Waals surface area contributed by atoms with Crippen LogP contribution in [0.2, 0.25) is 10.0 Å². The van der Waals surface area contributed by atoms with Gasteiger partial charge in [0.2, 0.25) is 0 Å². The summed E-state index contributed by atoms with van der Waals surface area (Å²) in [5, 5.41) is 23.3. The van der Waals surface area contributed by atoms with Gasteiger partial charge < -0.3 is 25.2 Å². The van der Waals surface area contributed by atoms with Gasteiger partial charge >= 0.3 is 5.97 Å². The molecule has 0 radical (unpaired) electrons. The van der Waals surface area contributed by atoms with Crippen molar-refractivity contribution >= 4 is 40.8 Å². The molecule has 0 spiro atoms. The smallest absolute Gasteiger partial charge is 0.320 e. The molecule has 5 rings (SSSR count). The Morgan fingerprint density at radius 3 is 2.54 bits per heavy atom. The highest BCUT2D eigenvalue weighted by molar-refractivity contribution is 6.39. The van der Waals surface area contributed by atoms with E-state index in [1.807, 2.05) is 0 Å². The molecule has 1 atom stereocenters. The molecule has 0 saturated carbocycles. The fourth-order valence-electron chi connectivity index (χ4n) is 5.71. The molecular weight excluding hydrogens is 660 g/mol. The van der Waals surface area contributed by atoms with E-state index in [1.54, 1.807) is 67.1 Å². The summed E-state index contributed by atoms with van der Waals surface area (Å²) in [4.78, 5) is 25.5. The number of anilines is 1. The standard InChI is InChI=1S/C35H38Cl2FN5O5/c1-20(2)48-32(45)19-40-27-11-6-13-43-30(27)17-29(42-43)35(46)41-28-10-5-9-24(34(28)37)23-8-4-7-22(33(23)36)21-15-26(38)25(18-39-12-14-44)31(16-21)47-3/h4-5,7-10,15-17,20,27,39-40,44H,6,11-14,18-19H2,1-3H3,(H,41,46)/t27-/m0/s1. The lowest BCUT2D eigenvalue weighted by atomic mass is 9.97. The Bertz CT molecular complexity index is 1800. The summed E-state index contributed by atoms with van der Waals surface area (Å²) >= 11 is 13.8. The molecule has 1 aliphatic rings. The molecule has 48 heavy (non-hydrogen) atoms. The van der Waals surface area contributed by atoms with E-state index in [1.165, 1.54) is 13.2 Å². The first-order valence-electron chi connectivity index (χ1n) is 15.7. The summed E-state index contributed by atoms with van der Waals surface area (Å²) in [5.41, 5.74) is 3.97. The average Bonchev–Trinajstić information content (AvgIpc) is 3.51. The van der Waals surface area contributed by atoms with Crippen LogP contribution < -0.4 is 20.7 Å². The number of carbonyl (C=O) groups is 2. The zero-order valence-electron chi connectivity index (χ0n) is 26.9. The van der Waals surface area contributed by atoms with Gasteiger partial charge in [-0.05, 0) is 56.5 Å². The number of aliphatic hydroxyl groups is 1. The summed E-state index contributed by atoms with van der Waals surface area (Å²) < 4.78 is 27.7. The number of nitrogens with one attached hydrogen (secondary N) is 3. The molecule has 1 aromatic heterocycles. The summed E-state index contributed by atoms with van der Waals surface area (Å²) in [6.07, 6.45) is 1.43. The fraction of sp³-hybridized carbons (Fsp3) is 0.343. The van der Waals surface area contributed by atoms with Gasteiger partial charge in [-0.15, -0.1) is 0 Å². The molecule has 3 aromatic carbocycles. The van der Waals surface area contributed by atoms with Crippen molar-refractivity contribution in [3.8, 4) is 28.0 Å². The molecule has 0 bridgehead atoms. The van der Waals surface area contributed by atoms with Crippen LogP contribution in [0.15, 0.2) is 54.6 Å². The van der Waals surface area contributed by atoms with E-state index < -0.39 is 11.7 Å². The number of rotatable bonds is 13. The van der Waals surface area contributed by atoms with Crippen LogP contribution in [0, 0.1) is 5.82 Å². The minimum absolute atomic E-state index is 0.0540. The predicted molar refractivity (Wildman–Crippen MR) is 184 cm³/mol. The SMILES string of the molecule is COc1cc(-c2cccc(-c3cccc(NC(=O)c4cc5n(n4)CCC[C@@H]5NCC(=O)OC(C)C)c3Cl)c2Cl)cc(F)c1CNCCO. The highest BCUT2D eigenvalue weighted by atomic mass is 35.5. The molecule has 0 saturated heterocycles. The Morgan fingerprint density at radius 2 is 1.81 bits per heavy atom. The molecule has 254 valence electrons. The van der Waals surface area contributed by atoms with E-state index in [-0.39, 0.29) is 48.5 Å². The molecular formula is C35H38Cl2FN5O5. The molecule has 10 nitrogen and oxygen atoms in total. The number of carbonyl (C=O) groups excluding carboxylic acids is 2. The number of benzene rings is 3. The summed E-state index contributed by atoms with van der Waals surface area (Å²) in [5.74, 6) is -0.913. The number of amides is 1. The Labute approximate surface area is 288 Å². The van der Waals surface area contributed by atoms with E-state index in [0.717, 1.165) is 18.5 Å². The number of ether oxygens (including phenoxy) is 2. The van der Waals surface area contributed by atoms with E-state index in [9.17, 15) is 9.59 Å². The maximum absolute atomic E-state index is 15.2. The van der Waals surface area contributed by atoms with Gasteiger partial charge in [0, 0.05) is 47.9 Å². The zero-order chi connectivity index (χ0) is 34.4. The molecule has 0 unspecified atom stereocenters. The number of nitrogens with zero attached hydrogens (tertiary/aromatic N) is 2. The van der Waals surface area contributed by atoms with Gasteiger partial charge in [-0.25, -0.2) is 4.39 Å². The van der Waals surface area contributed by atoms with Gasteiger partial charge in [0.1, 0.15) is 11.6 Å². The minimum atomic E-state index is -0.476. The largest absolute Gasteiger partial charge is 0.496 e. The van der Waals surface area contributed by atoms with Crippen LogP contribution in [0.25, 0.3) is 22.3 Å². The Balaban J connectivity index is 1.37. The molecule has 1 aliphatic heterocycles. The summed E-state index contributed by atoms with van der Waals surface area (Å²) in [6, 6.07) is 15.3. The van der Waals surface area contributed by atoms with Gasteiger partial charge in [0.05, 0.1) is 47.8 Å². The number of methoxy groups -OCH3 is 1. The maximum Gasteiger partial charge on any atom is 0.320 e. The number of esters is 1. The normalized spacial score (nSPS) is 14.1. The molecule has 4 N–H and O–H groups in total. The second-order valence-electron chi connectivity index (χ2n) is 11.6. The topological polar surface area (TPSA) is 127 Å². The lowest BCUT2D eigenvalue weighted by molar-refractivity contribution is -0.146. The molecule has 4 aromatic rings. The average molecular weight is 699 g/mol. The molecule has 13 heteroatoms. The van der Waals surface area contributed by atoms with E-state index in [0.29, 0.717) is 57.4 Å². The van der Waals surface area contributed by atoms with Crippen LogP contribution in [0.1, 0.15) is 54.5 Å². The van der Waals surface area contributed by atoms with Crippen LogP contribution in [-0.2, 0) is 22.6 Å². The van der Waals surface area contributed by atoms with Crippen molar-refractivity contribution in [3.05, 3.63) is 87.4 Å².